The Labute approximate surface area is 243 Å². The third kappa shape index (κ3) is 7.60. The molecule has 1 aliphatic carbocycles. The summed E-state index contributed by atoms with van der Waals surface area (Å²) in [6, 6.07) is 16.5. The molecule has 4 rings (SSSR count). The van der Waals surface area contributed by atoms with E-state index < -0.39 is 17.7 Å². The Morgan fingerprint density at radius 1 is 1.00 bits per heavy atom. The first-order chi connectivity index (χ1) is 19.5. The van der Waals surface area contributed by atoms with E-state index in [-0.39, 0.29) is 30.5 Å². The van der Waals surface area contributed by atoms with E-state index >= 15 is 0 Å². The summed E-state index contributed by atoms with van der Waals surface area (Å²) >= 11 is 0. The molecule has 222 valence electrons. The summed E-state index contributed by atoms with van der Waals surface area (Å²) in [5, 5.41) is 9.23. The molecule has 0 unspecified atom stereocenters. The average Bonchev–Trinajstić information content (AvgIpc) is 3.24. The number of likely N-dealkylation sites (tertiary alicyclic amines) is 1. The van der Waals surface area contributed by atoms with Gasteiger partial charge >= 0.3 is 18.2 Å². The highest BCUT2D eigenvalue weighted by atomic mass is 16.6. The summed E-state index contributed by atoms with van der Waals surface area (Å²) in [7, 11) is 0. The zero-order chi connectivity index (χ0) is 29.6. The fourth-order valence-corrected chi connectivity index (χ4v) is 6.25. The average molecular weight is 565 g/mol. The lowest BCUT2D eigenvalue weighted by Crippen LogP contribution is -2.50. The second kappa shape index (κ2) is 13.0. The van der Waals surface area contributed by atoms with Crippen molar-refractivity contribution in [3.05, 3.63) is 59.7 Å². The van der Waals surface area contributed by atoms with Crippen LogP contribution in [0.3, 0.4) is 0 Å². The Kier molecular flexibility index (Phi) is 9.61. The van der Waals surface area contributed by atoms with Gasteiger partial charge in [-0.1, -0.05) is 61.9 Å². The van der Waals surface area contributed by atoms with Crippen molar-refractivity contribution in [3.8, 4) is 11.1 Å². The third-order valence-corrected chi connectivity index (χ3v) is 8.20. The first kappa shape index (κ1) is 30.4. The predicted octanol–water partition coefficient (Wildman–Crippen LogP) is 6.92. The molecule has 1 N–H and O–H groups in total. The number of amides is 2. The molecule has 41 heavy (non-hydrogen) atoms. The number of ether oxygens (including phenoxy) is 2. The van der Waals surface area contributed by atoms with Crippen LogP contribution in [0.5, 0.6) is 0 Å². The van der Waals surface area contributed by atoms with E-state index in [1.54, 1.807) is 9.80 Å². The zero-order valence-electron chi connectivity index (χ0n) is 24.9. The molecule has 0 radical (unpaired) electrons. The van der Waals surface area contributed by atoms with Gasteiger partial charge in [-0.25, -0.2) is 9.59 Å². The highest BCUT2D eigenvalue weighted by molar-refractivity contribution is 5.79. The Balaban J connectivity index is 1.46. The largest absolute Gasteiger partial charge is 0.481 e. The van der Waals surface area contributed by atoms with Gasteiger partial charge in [0.25, 0.3) is 0 Å². The van der Waals surface area contributed by atoms with Crippen molar-refractivity contribution in [1.29, 1.82) is 0 Å². The van der Waals surface area contributed by atoms with E-state index in [9.17, 15) is 19.5 Å². The molecule has 8 nitrogen and oxygen atoms in total. The molecular weight excluding hydrogens is 520 g/mol. The van der Waals surface area contributed by atoms with Crippen molar-refractivity contribution in [3.63, 3.8) is 0 Å². The van der Waals surface area contributed by atoms with E-state index in [0.29, 0.717) is 32.6 Å². The Morgan fingerprint density at radius 2 is 1.59 bits per heavy atom. The summed E-state index contributed by atoms with van der Waals surface area (Å²) in [6.07, 6.45) is 2.95. The molecule has 2 aromatic rings. The first-order valence-corrected chi connectivity index (χ1v) is 14.8. The van der Waals surface area contributed by atoms with Gasteiger partial charge in [0.2, 0.25) is 0 Å². The number of benzene rings is 2. The summed E-state index contributed by atoms with van der Waals surface area (Å²) in [5.41, 5.74) is 3.90. The van der Waals surface area contributed by atoms with E-state index in [0.717, 1.165) is 36.8 Å². The maximum Gasteiger partial charge on any atom is 0.410 e. The van der Waals surface area contributed by atoms with Crippen LogP contribution in [0.2, 0.25) is 0 Å². The summed E-state index contributed by atoms with van der Waals surface area (Å²) in [4.78, 5) is 41.0. The highest BCUT2D eigenvalue weighted by Gasteiger charge is 2.39. The number of carboxylic acids is 1. The van der Waals surface area contributed by atoms with Gasteiger partial charge in [-0.15, -0.1) is 0 Å². The van der Waals surface area contributed by atoms with E-state index in [1.807, 2.05) is 45.0 Å². The minimum Gasteiger partial charge on any atom is -0.481 e. The van der Waals surface area contributed by atoms with Crippen LogP contribution < -0.4 is 0 Å². The lowest BCUT2D eigenvalue weighted by molar-refractivity contribution is -0.137. The molecule has 1 aliphatic heterocycles. The molecule has 2 amide bonds. The van der Waals surface area contributed by atoms with E-state index in [4.69, 9.17) is 9.47 Å². The molecule has 0 saturated carbocycles. The number of carbonyl (C=O) groups is 3. The fraction of sp³-hybridized carbons (Fsp3) is 0.545. The van der Waals surface area contributed by atoms with Crippen LogP contribution in [0.1, 0.15) is 83.3 Å². The van der Waals surface area contributed by atoms with Gasteiger partial charge < -0.3 is 24.4 Å². The molecule has 0 bridgehead atoms. The predicted molar refractivity (Wildman–Crippen MR) is 158 cm³/mol. The highest BCUT2D eigenvalue weighted by Crippen LogP contribution is 2.44. The van der Waals surface area contributed by atoms with Crippen LogP contribution in [-0.2, 0) is 14.3 Å². The minimum absolute atomic E-state index is 0.0135. The lowest BCUT2D eigenvalue weighted by Gasteiger charge is -2.44. The Morgan fingerprint density at radius 3 is 2.12 bits per heavy atom. The monoisotopic (exact) mass is 564 g/mol. The number of fused-ring (bicyclic) bond motifs is 3. The molecule has 0 atom stereocenters. The van der Waals surface area contributed by atoms with Crippen molar-refractivity contribution in [2.75, 3.05) is 32.8 Å². The number of piperidine rings is 1. The van der Waals surface area contributed by atoms with Crippen molar-refractivity contribution in [1.82, 2.24) is 9.80 Å². The van der Waals surface area contributed by atoms with Crippen LogP contribution in [0.25, 0.3) is 11.1 Å². The van der Waals surface area contributed by atoms with Gasteiger partial charge in [0.15, 0.2) is 0 Å². The maximum atomic E-state index is 13.6. The molecule has 2 aliphatic rings. The molecule has 2 aromatic carbocycles. The molecule has 8 heteroatoms. The zero-order valence-corrected chi connectivity index (χ0v) is 24.9. The number of carbonyl (C=O) groups excluding carboxylic acids is 2. The molecule has 0 aromatic heterocycles. The topological polar surface area (TPSA) is 96.4 Å². The fourth-order valence-electron chi connectivity index (χ4n) is 6.25. The third-order valence-electron chi connectivity index (χ3n) is 8.20. The normalized spacial score (nSPS) is 16.0. The quantitative estimate of drug-likeness (QED) is 0.337. The Hall–Kier alpha value is -3.55. The van der Waals surface area contributed by atoms with Gasteiger partial charge in [0, 0.05) is 38.5 Å². The summed E-state index contributed by atoms with van der Waals surface area (Å²) in [5.74, 6) is -0.930. The van der Waals surface area contributed by atoms with Crippen LogP contribution in [0, 0.1) is 5.41 Å². The Bertz CT molecular complexity index is 1180. The van der Waals surface area contributed by atoms with Crippen LogP contribution in [-0.4, -0.2) is 71.4 Å². The van der Waals surface area contributed by atoms with Gasteiger partial charge in [-0.3, -0.25) is 4.79 Å². The summed E-state index contributed by atoms with van der Waals surface area (Å²) in [6.45, 7) is 9.83. The van der Waals surface area contributed by atoms with Crippen LogP contribution >= 0.6 is 0 Å². The van der Waals surface area contributed by atoms with Gasteiger partial charge in [0.05, 0.1) is 0 Å². The van der Waals surface area contributed by atoms with E-state index in [2.05, 4.69) is 31.2 Å². The summed E-state index contributed by atoms with van der Waals surface area (Å²) < 4.78 is 11.6. The van der Waals surface area contributed by atoms with Gasteiger partial charge in [-0.2, -0.15) is 0 Å². The van der Waals surface area contributed by atoms with Crippen LogP contribution in [0.4, 0.5) is 9.59 Å². The minimum atomic E-state index is -0.883. The molecule has 0 spiro atoms. The van der Waals surface area contributed by atoms with Crippen LogP contribution in [0.15, 0.2) is 48.5 Å². The SMILES string of the molecule is CCCC1(CN(CCCC(=O)O)C(=O)OCC2c3ccccc3-c3ccccc32)CCN(C(=O)OC(C)(C)C)CC1. The second-order valence-corrected chi connectivity index (χ2v) is 12.4. The number of aliphatic carboxylic acids is 1. The maximum absolute atomic E-state index is 13.6. The van der Waals surface area contributed by atoms with Gasteiger partial charge in [-0.05, 0) is 74.1 Å². The molecule has 1 heterocycles. The van der Waals surface area contributed by atoms with Crippen molar-refractivity contribution >= 4 is 18.2 Å². The van der Waals surface area contributed by atoms with Crippen molar-refractivity contribution in [2.24, 2.45) is 5.41 Å². The van der Waals surface area contributed by atoms with E-state index in [1.165, 1.54) is 11.1 Å². The second-order valence-electron chi connectivity index (χ2n) is 12.4. The van der Waals surface area contributed by atoms with Gasteiger partial charge in [0.1, 0.15) is 12.2 Å². The van der Waals surface area contributed by atoms with Crippen molar-refractivity contribution in [2.45, 2.75) is 77.7 Å². The molecule has 1 fully saturated rings. The number of carboxylic acid groups (broad SMARTS) is 1. The number of rotatable bonds is 10. The smallest absolute Gasteiger partial charge is 0.410 e. The first-order valence-electron chi connectivity index (χ1n) is 14.8. The number of nitrogens with zero attached hydrogens (tertiary/aromatic N) is 2. The standard InChI is InChI=1S/C33H44N2O6/c1-5-16-33(17-20-34(21-18-33)31(39)41-32(2,3)4)23-35(19-10-15-29(36)37)30(38)40-22-28-26-13-8-6-11-24(26)25-12-7-9-14-27(25)28/h6-9,11-14,28H,5,10,15-23H2,1-4H3,(H,36,37). The number of hydrogen-bond donors (Lipinski definition) is 1. The molecular formula is C33H44N2O6. The number of hydrogen-bond acceptors (Lipinski definition) is 5. The lowest BCUT2D eigenvalue weighted by atomic mass is 9.74. The van der Waals surface area contributed by atoms with Crippen molar-refractivity contribution < 1.29 is 29.0 Å². The molecule has 1 saturated heterocycles.